The van der Waals surface area contributed by atoms with E-state index in [1.54, 1.807) is 0 Å². The minimum absolute atomic E-state index is 0.279. The summed E-state index contributed by atoms with van der Waals surface area (Å²) >= 11 is 0. The first-order chi connectivity index (χ1) is 9.58. The molecule has 0 aromatic carbocycles. The van der Waals surface area contributed by atoms with E-state index in [1.807, 2.05) is 19.2 Å². The second-order valence-corrected chi connectivity index (χ2v) is 5.88. The molecule has 2 rings (SSSR count). The zero-order valence-electron chi connectivity index (χ0n) is 12.6. The average molecular weight is 275 g/mol. The van der Waals surface area contributed by atoms with Gasteiger partial charge in [0, 0.05) is 30.9 Å². The molecule has 0 amide bonds. The van der Waals surface area contributed by atoms with Gasteiger partial charge in [-0.2, -0.15) is 0 Å². The van der Waals surface area contributed by atoms with Crippen LogP contribution in [-0.2, 0) is 13.1 Å². The Bertz CT molecular complexity index is 546. The van der Waals surface area contributed by atoms with Crippen molar-refractivity contribution in [2.75, 3.05) is 6.54 Å². The second-order valence-electron chi connectivity index (χ2n) is 5.88. The molecule has 2 aromatic heterocycles. The lowest BCUT2D eigenvalue weighted by Gasteiger charge is -2.06. The Morgan fingerprint density at radius 3 is 2.85 bits per heavy atom. The summed E-state index contributed by atoms with van der Waals surface area (Å²) in [7, 11) is 0. The molecule has 1 unspecified atom stereocenters. The smallest absolute Gasteiger partial charge is 0.140 e. The van der Waals surface area contributed by atoms with Crippen molar-refractivity contribution < 1.29 is 5.11 Å². The van der Waals surface area contributed by atoms with Crippen LogP contribution in [0.15, 0.2) is 24.5 Å². The van der Waals surface area contributed by atoms with Gasteiger partial charge in [0.25, 0.3) is 0 Å². The van der Waals surface area contributed by atoms with Crippen LogP contribution in [0.4, 0.5) is 0 Å². The van der Waals surface area contributed by atoms with E-state index in [0.717, 1.165) is 31.7 Å². The summed E-state index contributed by atoms with van der Waals surface area (Å²) in [5.41, 5.74) is 2.29. The molecule has 2 heterocycles. The molecule has 0 radical (unpaired) electrons. The molecule has 0 saturated heterocycles. The minimum Gasteiger partial charge on any atom is -0.393 e. The molecule has 110 valence electrons. The molecule has 1 atom stereocenters. The van der Waals surface area contributed by atoms with E-state index in [9.17, 15) is 5.11 Å². The molecule has 4 heteroatoms. The summed E-state index contributed by atoms with van der Waals surface area (Å²) in [6.45, 7) is 8.92. The van der Waals surface area contributed by atoms with Crippen molar-refractivity contribution in [3.05, 3.63) is 30.1 Å². The van der Waals surface area contributed by atoms with Gasteiger partial charge in [-0.1, -0.05) is 13.8 Å². The number of aliphatic hydroxyl groups is 1. The SMILES string of the molecule is CC(C)CNCc1cn(CCC(C)O)c2ncccc12. The Labute approximate surface area is 120 Å². The fourth-order valence-electron chi connectivity index (χ4n) is 2.33. The van der Waals surface area contributed by atoms with Crippen LogP contribution in [0.1, 0.15) is 32.8 Å². The van der Waals surface area contributed by atoms with E-state index < -0.39 is 0 Å². The largest absolute Gasteiger partial charge is 0.393 e. The lowest BCUT2D eigenvalue weighted by molar-refractivity contribution is 0.178. The monoisotopic (exact) mass is 275 g/mol. The van der Waals surface area contributed by atoms with Gasteiger partial charge in [0.1, 0.15) is 5.65 Å². The lowest BCUT2D eigenvalue weighted by atomic mass is 10.2. The van der Waals surface area contributed by atoms with Crippen molar-refractivity contribution >= 4 is 11.0 Å². The van der Waals surface area contributed by atoms with Crippen LogP contribution in [0.3, 0.4) is 0 Å². The van der Waals surface area contributed by atoms with Crippen molar-refractivity contribution in [2.45, 2.75) is 46.4 Å². The van der Waals surface area contributed by atoms with Gasteiger partial charge in [-0.05, 0) is 43.5 Å². The third-order valence-corrected chi connectivity index (χ3v) is 3.37. The normalized spacial score (nSPS) is 13.2. The third kappa shape index (κ3) is 3.81. The molecule has 0 aliphatic heterocycles. The number of nitrogens with zero attached hydrogens (tertiary/aromatic N) is 2. The molecule has 0 spiro atoms. The Hall–Kier alpha value is -1.39. The molecular formula is C16H25N3O. The maximum atomic E-state index is 9.45. The number of rotatable bonds is 7. The Morgan fingerprint density at radius 2 is 2.15 bits per heavy atom. The molecule has 0 fully saturated rings. The van der Waals surface area contributed by atoms with Crippen LogP contribution in [0.5, 0.6) is 0 Å². The number of nitrogens with one attached hydrogen (secondary N) is 1. The number of pyridine rings is 1. The maximum absolute atomic E-state index is 9.45. The van der Waals surface area contributed by atoms with Gasteiger partial charge in [0.2, 0.25) is 0 Å². The fraction of sp³-hybridized carbons (Fsp3) is 0.562. The van der Waals surface area contributed by atoms with Gasteiger partial charge in [0.15, 0.2) is 0 Å². The molecule has 0 saturated carbocycles. The summed E-state index contributed by atoms with van der Waals surface area (Å²) in [4.78, 5) is 4.48. The van der Waals surface area contributed by atoms with Crippen molar-refractivity contribution in [2.24, 2.45) is 5.92 Å². The van der Waals surface area contributed by atoms with Crippen LogP contribution >= 0.6 is 0 Å². The van der Waals surface area contributed by atoms with Gasteiger partial charge >= 0.3 is 0 Å². The number of fused-ring (bicyclic) bond motifs is 1. The molecule has 2 aromatic rings. The van der Waals surface area contributed by atoms with Crippen LogP contribution < -0.4 is 5.32 Å². The summed E-state index contributed by atoms with van der Waals surface area (Å²) in [5, 5.41) is 14.1. The highest BCUT2D eigenvalue weighted by atomic mass is 16.3. The molecule has 4 nitrogen and oxygen atoms in total. The van der Waals surface area contributed by atoms with Crippen molar-refractivity contribution in [1.29, 1.82) is 0 Å². The average Bonchev–Trinajstić information content (AvgIpc) is 2.75. The van der Waals surface area contributed by atoms with Crippen molar-refractivity contribution in [1.82, 2.24) is 14.9 Å². The van der Waals surface area contributed by atoms with E-state index in [0.29, 0.717) is 5.92 Å². The first-order valence-corrected chi connectivity index (χ1v) is 7.39. The Balaban J connectivity index is 2.17. The first-order valence-electron chi connectivity index (χ1n) is 7.39. The standard InChI is InChI=1S/C16H25N3O/c1-12(2)9-17-10-14-11-19(8-6-13(3)20)16-15(14)5-4-7-18-16/h4-5,7,11-13,17,20H,6,8-10H2,1-3H3. The second kappa shape index (κ2) is 6.86. The van der Waals surface area contributed by atoms with Crippen LogP contribution in [-0.4, -0.2) is 27.3 Å². The van der Waals surface area contributed by atoms with Crippen LogP contribution in [0, 0.1) is 5.92 Å². The molecular weight excluding hydrogens is 250 g/mol. The quantitative estimate of drug-likeness (QED) is 0.816. The highest BCUT2D eigenvalue weighted by molar-refractivity contribution is 5.80. The fourth-order valence-corrected chi connectivity index (χ4v) is 2.33. The maximum Gasteiger partial charge on any atom is 0.140 e. The van der Waals surface area contributed by atoms with Crippen LogP contribution in [0.25, 0.3) is 11.0 Å². The zero-order valence-corrected chi connectivity index (χ0v) is 12.6. The summed E-state index contributed by atoms with van der Waals surface area (Å²) in [6, 6.07) is 4.10. The predicted molar refractivity (Wildman–Crippen MR) is 82.6 cm³/mol. The van der Waals surface area contributed by atoms with E-state index in [4.69, 9.17) is 0 Å². The van der Waals surface area contributed by atoms with E-state index in [1.165, 1.54) is 10.9 Å². The number of aromatic nitrogens is 2. The topological polar surface area (TPSA) is 50.1 Å². The van der Waals surface area contributed by atoms with E-state index in [2.05, 4.69) is 41.0 Å². The molecule has 0 aliphatic rings. The molecule has 20 heavy (non-hydrogen) atoms. The van der Waals surface area contributed by atoms with Gasteiger partial charge < -0.3 is 15.0 Å². The van der Waals surface area contributed by atoms with Gasteiger partial charge in [-0.15, -0.1) is 0 Å². The summed E-state index contributed by atoms with van der Waals surface area (Å²) in [5.74, 6) is 0.650. The van der Waals surface area contributed by atoms with Crippen LogP contribution in [0.2, 0.25) is 0 Å². The molecule has 2 N–H and O–H groups in total. The van der Waals surface area contributed by atoms with Gasteiger partial charge in [-0.25, -0.2) is 4.98 Å². The molecule has 0 aliphatic carbocycles. The Kier molecular flexibility index (Phi) is 5.15. The van der Waals surface area contributed by atoms with Gasteiger partial charge in [-0.3, -0.25) is 0 Å². The van der Waals surface area contributed by atoms with Crippen molar-refractivity contribution in [3.8, 4) is 0 Å². The summed E-state index contributed by atoms with van der Waals surface area (Å²) < 4.78 is 2.15. The number of hydrogen-bond donors (Lipinski definition) is 2. The first kappa shape index (κ1) is 15.0. The highest BCUT2D eigenvalue weighted by Crippen LogP contribution is 2.20. The number of aliphatic hydroxyl groups excluding tert-OH is 1. The third-order valence-electron chi connectivity index (χ3n) is 3.37. The Morgan fingerprint density at radius 1 is 1.35 bits per heavy atom. The minimum atomic E-state index is -0.279. The van der Waals surface area contributed by atoms with Crippen molar-refractivity contribution in [3.63, 3.8) is 0 Å². The van der Waals surface area contributed by atoms with E-state index in [-0.39, 0.29) is 6.10 Å². The molecule has 0 bridgehead atoms. The number of hydrogen-bond acceptors (Lipinski definition) is 3. The highest BCUT2D eigenvalue weighted by Gasteiger charge is 2.09. The number of aryl methyl sites for hydroxylation is 1. The summed E-state index contributed by atoms with van der Waals surface area (Å²) in [6.07, 6.45) is 4.46. The van der Waals surface area contributed by atoms with E-state index >= 15 is 0 Å². The zero-order chi connectivity index (χ0) is 14.5. The lowest BCUT2D eigenvalue weighted by Crippen LogP contribution is -2.18. The predicted octanol–water partition coefficient (Wildman–Crippen LogP) is 2.55. The van der Waals surface area contributed by atoms with Gasteiger partial charge in [0.05, 0.1) is 6.10 Å².